The smallest absolute Gasteiger partial charge is 0.306 e. The summed E-state index contributed by atoms with van der Waals surface area (Å²) in [6.07, 6.45) is 48.2. The number of hydrogen-bond acceptors (Lipinski definition) is 5. The highest BCUT2D eigenvalue weighted by Gasteiger charge is 2.15. The molecule has 0 rings (SSSR count). The van der Waals surface area contributed by atoms with Gasteiger partial charge in [0, 0.05) is 12.8 Å². The second kappa shape index (κ2) is 36.8. The number of hydrogen-bond donors (Lipinski definition) is 1. The van der Waals surface area contributed by atoms with E-state index in [1.807, 2.05) is 12.2 Å². The summed E-state index contributed by atoms with van der Waals surface area (Å²) in [5.41, 5.74) is 0. The molecule has 0 aromatic carbocycles. The Bertz CT molecular complexity index is 864. The molecule has 1 N–H and O–H groups in total. The molecule has 0 aromatic rings. The maximum absolute atomic E-state index is 12.1. The Kier molecular flexibility index (Phi) is 34.7. The number of carbonyl (C=O) groups excluding carboxylic acids is 2. The van der Waals surface area contributed by atoms with Crippen LogP contribution in [0.1, 0.15) is 155 Å². The van der Waals surface area contributed by atoms with Gasteiger partial charge in [-0.25, -0.2) is 0 Å². The number of ether oxygens (including phenoxy) is 2. The predicted octanol–water partition coefficient (Wildman–Crippen LogP) is 11.4. The van der Waals surface area contributed by atoms with Gasteiger partial charge in [0.2, 0.25) is 0 Å². The maximum Gasteiger partial charge on any atom is 0.306 e. The largest absolute Gasteiger partial charge is 0.462 e. The Morgan fingerprint density at radius 3 is 1.37 bits per heavy atom. The van der Waals surface area contributed by atoms with Crippen LogP contribution in [0.15, 0.2) is 72.9 Å². The molecule has 0 spiro atoms. The fourth-order valence-electron chi connectivity index (χ4n) is 4.75. The molecule has 0 aliphatic rings. The second-order valence-corrected chi connectivity index (χ2v) is 11.9. The van der Waals surface area contributed by atoms with Gasteiger partial charge in [0.15, 0.2) is 6.10 Å². The summed E-state index contributed by atoms with van der Waals surface area (Å²) in [7, 11) is 0. The number of aliphatic hydroxyl groups is 1. The van der Waals surface area contributed by atoms with Crippen molar-refractivity contribution in [2.24, 2.45) is 0 Å². The molecule has 0 radical (unpaired) electrons. The lowest BCUT2D eigenvalue weighted by molar-refractivity contribution is -0.161. The fraction of sp³-hybridized carbons (Fsp3) is 0.659. The number of rotatable bonds is 32. The van der Waals surface area contributed by atoms with Gasteiger partial charge in [-0.1, -0.05) is 164 Å². The molecule has 5 heteroatoms. The summed E-state index contributed by atoms with van der Waals surface area (Å²) in [5.74, 6) is -0.693. The maximum atomic E-state index is 12.1. The zero-order chi connectivity index (χ0) is 33.6. The third-order valence-electron chi connectivity index (χ3n) is 7.53. The van der Waals surface area contributed by atoms with Crippen LogP contribution in [-0.4, -0.2) is 36.4 Å². The zero-order valence-electron chi connectivity index (χ0n) is 29.6. The van der Waals surface area contributed by atoms with Crippen molar-refractivity contribution < 1.29 is 24.2 Å². The topological polar surface area (TPSA) is 72.8 Å². The monoisotopic (exact) mass is 641 g/mol. The van der Waals surface area contributed by atoms with E-state index in [1.54, 1.807) is 0 Å². The van der Waals surface area contributed by atoms with Crippen LogP contribution < -0.4 is 0 Å². The first-order chi connectivity index (χ1) is 22.6. The Labute approximate surface area is 283 Å². The molecule has 0 saturated heterocycles. The van der Waals surface area contributed by atoms with Crippen LogP contribution in [0.4, 0.5) is 0 Å². The molecule has 0 saturated carbocycles. The van der Waals surface area contributed by atoms with E-state index in [4.69, 9.17) is 9.47 Å². The number of carbonyl (C=O) groups is 2. The van der Waals surface area contributed by atoms with Crippen molar-refractivity contribution in [3.8, 4) is 0 Å². The lowest BCUT2D eigenvalue weighted by atomic mass is 10.0. The van der Waals surface area contributed by atoms with Gasteiger partial charge in [0.05, 0.1) is 6.61 Å². The molecule has 0 aliphatic carbocycles. The summed E-state index contributed by atoms with van der Waals surface area (Å²) in [6, 6.07) is 0. The van der Waals surface area contributed by atoms with Gasteiger partial charge in [-0.05, 0) is 51.4 Å². The molecule has 0 heterocycles. The van der Waals surface area contributed by atoms with Gasteiger partial charge in [-0.3, -0.25) is 9.59 Å². The normalized spacial score (nSPS) is 13.0. The van der Waals surface area contributed by atoms with Crippen LogP contribution in [0.25, 0.3) is 0 Å². The third-order valence-corrected chi connectivity index (χ3v) is 7.53. The average Bonchev–Trinajstić information content (AvgIpc) is 3.06. The number of esters is 2. The van der Waals surface area contributed by atoms with Gasteiger partial charge in [0.25, 0.3) is 0 Å². The summed E-state index contributed by atoms with van der Waals surface area (Å²) >= 11 is 0. The number of allylic oxidation sites excluding steroid dienone is 12. The predicted molar refractivity (Wildman–Crippen MR) is 196 cm³/mol. The molecule has 0 unspecified atom stereocenters. The highest BCUT2D eigenvalue weighted by molar-refractivity contribution is 5.70. The van der Waals surface area contributed by atoms with Crippen molar-refractivity contribution in [2.75, 3.05) is 13.2 Å². The molecule has 0 aromatic heterocycles. The van der Waals surface area contributed by atoms with Gasteiger partial charge in [-0.15, -0.1) is 0 Å². The first-order valence-corrected chi connectivity index (χ1v) is 18.5. The van der Waals surface area contributed by atoms with Crippen LogP contribution >= 0.6 is 0 Å². The van der Waals surface area contributed by atoms with Crippen LogP contribution in [0.2, 0.25) is 0 Å². The first kappa shape index (κ1) is 43.3. The number of unbranched alkanes of at least 4 members (excludes halogenated alkanes) is 12. The van der Waals surface area contributed by atoms with Crippen molar-refractivity contribution >= 4 is 11.9 Å². The van der Waals surface area contributed by atoms with Crippen molar-refractivity contribution in [1.82, 2.24) is 0 Å². The minimum Gasteiger partial charge on any atom is -0.462 e. The van der Waals surface area contributed by atoms with Gasteiger partial charge >= 0.3 is 11.9 Å². The average molecular weight is 641 g/mol. The molecular formula is C41H68O5. The van der Waals surface area contributed by atoms with Crippen molar-refractivity contribution in [2.45, 2.75) is 161 Å². The van der Waals surface area contributed by atoms with Gasteiger partial charge in [0.1, 0.15) is 6.61 Å². The summed E-state index contributed by atoms with van der Waals surface area (Å²) in [4.78, 5) is 24.2. The van der Waals surface area contributed by atoms with E-state index in [2.05, 4.69) is 74.6 Å². The van der Waals surface area contributed by atoms with E-state index >= 15 is 0 Å². The van der Waals surface area contributed by atoms with Crippen molar-refractivity contribution in [1.29, 1.82) is 0 Å². The quantitative estimate of drug-likeness (QED) is 0.0450. The van der Waals surface area contributed by atoms with Crippen LogP contribution in [0, 0.1) is 0 Å². The van der Waals surface area contributed by atoms with E-state index in [9.17, 15) is 14.7 Å². The molecule has 5 nitrogen and oxygen atoms in total. The Morgan fingerprint density at radius 1 is 0.522 bits per heavy atom. The van der Waals surface area contributed by atoms with E-state index in [0.717, 1.165) is 57.8 Å². The fourth-order valence-corrected chi connectivity index (χ4v) is 4.75. The molecule has 0 aliphatic heterocycles. The van der Waals surface area contributed by atoms with Crippen molar-refractivity contribution in [3.63, 3.8) is 0 Å². The summed E-state index contributed by atoms with van der Waals surface area (Å²) < 4.78 is 10.5. The van der Waals surface area contributed by atoms with Gasteiger partial charge < -0.3 is 14.6 Å². The molecule has 0 fully saturated rings. The Hall–Kier alpha value is -2.66. The van der Waals surface area contributed by atoms with E-state index in [0.29, 0.717) is 12.8 Å². The third kappa shape index (κ3) is 34.2. The molecule has 1 atom stereocenters. The van der Waals surface area contributed by atoms with Gasteiger partial charge in [-0.2, -0.15) is 0 Å². The Balaban J connectivity index is 3.73. The van der Waals surface area contributed by atoms with Crippen LogP contribution in [0.5, 0.6) is 0 Å². The number of aliphatic hydroxyl groups excluding tert-OH is 1. The van der Waals surface area contributed by atoms with Crippen LogP contribution in [0.3, 0.4) is 0 Å². The second-order valence-electron chi connectivity index (χ2n) is 11.9. The lowest BCUT2D eigenvalue weighted by Gasteiger charge is -2.15. The lowest BCUT2D eigenvalue weighted by Crippen LogP contribution is -2.28. The van der Waals surface area contributed by atoms with Crippen molar-refractivity contribution in [3.05, 3.63) is 72.9 Å². The van der Waals surface area contributed by atoms with Crippen LogP contribution in [-0.2, 0) is 19.1 Å². The molecule has 46 heavy (non-hydrogen) atoms. The standard InChI is InChI=1S/C41H68O5/c1-3-5-7-9-11-13-15-17-18-19-20-21-22-24-26-28-30-32-34-36-41(44)46-39(37-42)38-45-40(43)35-33-31-29-27-25-23-16-14-12-10-8-6-4-2/h5,7,11,13,17-18,20-21,24,26,30,32,39,42H,3-4,6,8-10,12,14-16,19,22-23,25,27-29,31,33-38H2,1-2H3/b7-5-,13-11+,18-17+,21-20+,26-24+,32-30+/t39-/m1/s1. The first-order valence-electron chi connectivity index (χ1n) is 18.5. The van der Waals surface area contributed by atoms with E-state index < -0.39 is 12.1 Å². The summed E-state index contributed by atoms with van der Waals surface area (Å²) in [6.45, 7) is 3.94. The zero-order valence-corrected chi connectivity index (χ0v) is 29.6. The highest BCUT2D eigenvalue weighted by Crippen LogP contribution is 2.13. The molecule has 262 valence electrons. The Morgan fingerprint density at radius 2 is 0.935 bits per heavy atom. The minimum absolute atomic E-state index is 0.0978. The molecular weight excluding hydrogens is 572 g/mol. The summed E-state index contributed by atoms with van der Waals surface area (Å²) in [5, 5.41) is 9.52. The van der Waals surface area contributed by atoms with E-state index in [-0.39, 0.29) is 25.6 Å². The molecule has 0 bridgehead atoms. The molecule has 0 amide bonds. The minimum atomic E-state index is -0.812. The van der Waals surface area contributed by atoms with E-state index in [1.165, 1.54) is 64.2 Å². The SMILES string of the molecule is CC/C=C\C/C=C/C/C=C/C/C=C/C/C=C/C/C=C/CCC(=O)O[C@H](CO)COC(=O)CCCCCCCCCCCCCCC. The highest BCUT2D eigenvalue weighted by atomic mass is 16.6.